The maximum absolute atomic E-state index is 13.5. The molecule has 0 saturated carbocycles. The van der Waals surface area contributed by atoms with Gasteiger partial charge in [-0.25, -0.2) is 4.79 Å². The van der Waals surface area contributed by atoms with Gasteiger partial charge in [-0.2, -0.15) is 0 Å². The van der Waals surface area contributed by atoms with Crippen LogP contribution in [0.2, 0.25) is 0 Å². The zero-order chi connectivity index (χ0) is 27.4. The Labute approximate surface area is 229 Å². The molecule has 2 N–H and O–H groups in total. The van der Waals surface area contributed by atoms with Gasteiger partial charge in [0.05, 0.1) is 12.1 Å². The number of benzene rings is 3. The van der Waals surface area contributed by atoms with Crippen molar-refractivity contribution < 1.29 is 18.8 Å². The van der Waals surface area contributed by atoms with E-state index in [-0.39, 0.29) is 35.6 Å². The van der Waals surface area contributed by atoms with Crippen molar-refractivity contribution in [1.29, 1.82) is 0 Å². The topological polar surface area (TPSA) is 103 Å². The molecule has 2 amide bonds. The molecule has 2 heterocycles. The number of carbonyl (C=O) groups excluding carboxylic acids is 2. The minimum absolute atomic E-state index is 0.00334. The molecule has 5 rings (SSSR count). The van der Waals surface area contributed by atoms with Gasteiger partial charge in [-0.3, -0.25) is 19.0 Å². The van der Waals surface area contributed by atoms with Crippen LogP contribution in [0.3, 0.4) is 0 Å². The molecule has 10 heteroatoms. The van der Waals surface area contributed by atoms with Crippen LogP contribution in [0.1, 0.15) is 23.2 Å². The molecular formula is C29H26N5O4S+. The van der Waals surface area contributed by atoms with Crippen LogP contribution in [0, 0.1) is 0 Å². The van der Waals surface area contributed by atoms with Gasteiger partial charge in [0.2, 0.25) is 5.91 Å². The highest BCUT2D eigenvalue weighted by molar-refractivity contribution is 7.80. The summed E-state index contributed by atoms with van der Waals surface area (Å²) in [6, 6.07) is 25.5. The first-order valence-electron chi connectivity index (χ1n) is 12.3. The molecule has 1 fully saturated rings. The van der Waals surface area contributed by atoms with Crippen LogP contribution in [0.15, 0.2) is 94.2 Å². The number of amides is 2. The number of nitrogens with zero attached hydrogens (tertiary/aromatic N) is 3. The van der Waals surface area contributed by atoms with Gasteiger partial charge >= 0.3 is 11.3 Å². The molecule has 1 aliphatic rings. The van der Waals surface area contributed by atoms with Crippen molar-refractivity contribution in [1.82, 2.24) is 10.2 Å². The Morgan fingerprint density at radius 2 is 1.59 bits per heavy atom. The molecule has 1 saturated heterocycles. The van der Waals surface area contributed by atoms with Gasteiger partial charge in [0, 0.05) is 5.69 Å². The number of aromatic nitrogens is 2. The summed E-state index contributed by atoms with van der Waals surface area (Å²) in [5.74, 6) is -0.695. The monoisotopic (exact) mass is 540 g/mol. The quantitative estimate of drug-likeness (QED) is 0.202. The summed E-state index contributed by atoms with van der Waals surface area (Å²) in [6.45, 7) is -0.00334. The number of hydrogen-bond acceptors (Lipinski definition) is 5. The first-order valence-corrected chi connectivity index (χ1v) is 12.7. The van der Waals surface area contributed by atoms with E-state index in [4.69, 9.17) is 16.7 Å². The van der Waals surface area contributed by atoms with Gasteiger partial charge in [0.25, 0.3) is 5.91 Å². The van der Waals surface area contributed by atoms with Crippen molar-refractivity contribution >= 4 is 52.7 Å². The van der Waals surface area contributed by atoms with Crippen molar-refractivity contribution in [3.05, 3.63) is 112 Å². The normalized spacial score (nSPS) is 15.4. The van der Waals surface area contributed by atoms with Gasteiger partial charge < -0.3 is 10.2 Å². The molecule has 39 heavy (non-hydrogen) atoms. The highest BCUT2D eigenvalue weighted by Gasteiger charge is 2.45. The number of nitrogens with one attached hydrogen (secondary N) is 2. The molecule has 0 spiro atoms. The molecule has 0 aliphatic carbocycles. The fraction of sp³-hybridized carbons (Fsp3) is 0.138. The van der Waals surface area contributed by atoms with E-state index in [1.54, 1.807) is 36.2 Å². The smallest absolute Gasteiger partial charge is 0.326 e. The molecule has 9 nitrogen and oxygen atoms in total. The highest BCUT2D eigenvalue weighted by atomic mass is 32.1. The Morgan fingerprint density at radius 1 is 0.974 bits per heavy atom. The number of aryl methyl sites for hydroxylation is 1. The van der Waals surface area contributed by atoms with E-state index in [9.17, 15) is 14.4 Å². The Kier molecular flexibility index (Phi) is 7.46. The number of hydrogen-bond donors (Lipinski definition) is 2. The second-order valence-corrected chi connectivity index (χ2v) is 9.41. The molecule has 3 aromatic carbocycles. The number of aromatic amines is 1. The minimum atomic E-state index is -0.903. The molecular weight excluding hydrogens is 514 g/mol. The predicted molar refractivity (Wildman–Crippen MR) is 151 cm³/mol. The molecule has 1 atom stereocenters. The molecule has 196 valence electrons. The standard InChI is InChI=1S/C29H25N5O4S/c1-32-25(28(37)38-31-32)19-33-24(27(36)34(29(33)39)23-10-6-3-7-11-23)18-26(35)30-22-16-14-21(15-17-22)13-12-20-8-4-2-5-9-20/h2-17,24H,18-19H2,1H3,(H-,30,31,35,37)/p+1/b13-12+. The van der Waals surface area contributed by atoms with Gasteiger partial charge in [-0.15, -0.1) is 0 Å². The molecule has 1 aliphatic heterocycles. The van der Waals surface area contributed by atoms with Gasteiger partial charge in [0.1, 0.15) is 12.6 Å². The van der Waals surface area contributed by atoms with E-state index in [2.05, 4.69) is 10.6 Å². The van der Waals surface area contributed by atoms with Crippen molar-refractivity contribution in [2.45, 2.75) is 19.0 Å². The summed E-state index contributed by atoms with van der Waals surface area (Å²) < 4.78 is 6.28. The lowest BCUT2D eigenvalue weighted by Gasteiger charge is -2.21. The second-order valence-electron chi connectivity index (χ2n) is 9.04. The Bertz CT molecular complexity index is 1580. The lowest BCUT2D eigenvalue weighted by atomic mass is 10.1. The summed E-state index contributed by atoms with van der Waals surface area (Å²) in [6.07, 6.45) is 3.85. The molecule has 0 radical (unpaired) electrons. The number of carbonyl (C=O) groups is 2. The number of H-pyrrole nitrogens is 1. The molecule has 1 aromatic heterocycles. The number of rotatable bonds is 8. The fourth-order valence-electron chi connectivity index (χ4n) is 4.34. The maximum Gasteiger partial charge on any atom is 0.431 e. The zero-order valence-corrected chi connectivity index (χ0v) is 21.9. The summed E-state index contributed by atoms with van der Waals surface area (Å²) in [7, 11) is 1.62. The number of anilines is 2. The number of thiocarbonyl (C=S) groups is 1. The van der Waals surface area contributed by atoms with Crippen LogP contribution < -0.4 is 20.5 Å². The maximum atomic E-state index is 13.5. The van der Waals surface area contributed by atoms with Crippen molar-refractivity contribution in [3.8, 4) is 0 Å². The van der Waals surface area contributed by atoms with Crippen molar-refractivity contribution in [2.75, 3.05) is 10.2 Å². The van der Waals surface area contributed by atoms with Crippen molar-refractivity contribution in [2.24, 2.45) is 7.05 Å². The average molecular weight is 541 g/mol. The van der Waals surface area contributed by atoms with Crippen LogP contribution in [-0.2, 0) is 23.2 Å². The van der Waals surface area contributed by atoms with E-state index < -0.39 is 11.7 Å². The van der Waals surface area contributed by atoms with Crippen LogP contribution in [-0.4, -0.2) is 33.1 Å². The third-order valence-electron chi connectivity index (χ3n) is 6.41. The third-order valence-corrected chi connectivity index (χ3v) is 6.83. The first-order chi connectivity index (χ1) is 18.9. The Balaban J connectivity index is 1.32. The van der Waals surface area contributed by atoms with Crippen LogP contribution in [0.4, 0.5) is 11.4 Å². The highest BCUT2D eigenvalue weighted by Crippen LogP contribution is 2.28. The SMILES string of the molecule is C[n+]1[nH]oc(=O)c1CN1C(=S)N(c2ccccc2)C(=O)C1CC(=O)Nc1ccc(/C=C/c2ccccc2)cc1. The number of para-hydroxylation sites is 1. The average Bonchev–Trinajstić information content (AvgIpc) is 3.39. The van der Waals surface area contributed by atoms with Gasteiger partial charge in [0.15, 0.2) is 12.2 Å². The van der Waals surface area contributed by atoms with Gasteiger partial charge in [-0.1, -0.05) is 77.5 Å². The summed E-state index contributed by atoms with van der Waals surface area (Å²) in [4.78, 5) is 41.8. The third kappa shape index (κ3) is 5.70. The van der Waals surface area contributed by atoms with E-state index >= 15 is 0 Å². The molecule has 1 unspecified atom stereocenters. The Morgan fingerprint density at radius 3 is 2.21 bits per heavy atom. The first kappa shape index (κ1) is 25.8. The summed E-state index contributed by atoms with van der Waals surface area (Å²) in [5.41, 5.74) is 2.96. The largest absolute Gasteiger partial charge is 0.431 e. The van der Waals surface area contributed by atoms with Gasteiger partial charge in [-0.05, 0) is 52.9 Å². The van der Waals surface area contributed by atoms with E-state index in [1.165, 1.54) is 9.58 Å². The minimum Gasteiger partial charge on any atom is -0.326 e. The molecule has 0 bridgehead atoms. The fourth-order valence-corrected chi connectivity index (χ4v) is 4.73. The van der Waals surface area contributed by atoms with E-state index in [0.29, 0.717) is 11.4 Å². The van der Waals surface area contributed by atoms with Crippen molar-refractivity contribution in [3.63, 3.8) is 0 Å². The summed E-state index contributed by atoms with van der Waals surface area (Å²) >= 11 is 5.66. The van der Waals surface area contributed by atoms with Crippen LogP contribution in [0.5, 0.6) is 0 Å². The summed E-state index contributed by atoms with van der Waals surface area (Å²) in [5, 5.41) is 5.54. The lowest BCUT2D eigenvalue weighted by molar-refractivity contribution is -0.746. The Hall–Kier alpha value is -4.83. The predicted octanol–water partition coefficient (Wildman–Crippen LogP) is 3.49. The molecule has 4 aromatic rings. The zero-order valence-electron chi connectivity index (χ0n) is 21.1. The van der Waals surface area contributed by atoms with Crippen LogP contribution in [0.25, 0.3) is 12.2 Å². The second kappa shape index (κ2) is 11.3. The van der Waals surface area contributed by atoms with E-state index in [1.807, 2.05) is 72.8 Å². The lowest BCUT2D eigenvalue weighted by Crippen LogP contribution is -2.44. The van der Waals surface area contributed by atoms with E-state index in [0.717, 1.165) is 11.1 Å². The van der Waals surface area contributed by atoms with Crippen LogP contribution >= 0.6 is 12.2 Å².